The lowest BCUT2D eigenvalue weighted by molar-refractivity contribution is 0.0878. The Hall–Kier alpha value is -1.01. The number of rotatable bonds is 5. The van der Waals surface area contributed by atoms with Crippen molar-refractivity contribution in [1.29, 1.82) is 0 Å². The first-order valence-corrected chi connectivity index (χ1v) is 12.8. The Kier molecular flexibility index (Phi) is 6.42. The van der Waals surface area contributed by atoms with E-state index in [0.29, 0.717) is 16.7 Å². The molecule has 0 radical (unpaired) electrons. The largest absolute Gasteiger partial charge is 0.375 e. The molecule has 0 amide bonds. The predicted octanol–water partition coefficient (Wildman–Crippen LogP) is 7.86. The summed E-state index contributed by atoms with van der Waals surface area (Å²) in [6, 6.07) is 14.9. The second-order valence-corrected chi connectivity index (χ2v) is 10.8. The van der Waals surface area contributed by atoms with Crippen LogP contribution in [0.4, 0.5) is 0 Å². The molecule has 0 bridgehead atoms. The van der Waals surface area contributed by atoms with Gasteiger partial charge in [-0.05, 0) is 55.8 Å². The predicted molar refractivity (Wildman–Crippen MR) is 129 cm³/mol. The van der Waals surface area contributed by atoms with E-state index in [4.69, 9.17) is 27.9 Å². The summed E-state index contributed by atoms with van der Waals surface area (Å²) in [6.07, 6.45) is 4.01. The normalized spacial score (nSPS) is 15.9. The molecule has 1 aromatic heterocycles. The molecule has 2 aromatic carbocycles. The summed E-state index contributed by atoms with van der Waals surface area (Å²) in [5, 5.41) is 1.20. The lowest BCUT2D eigenvalue weighted by Crippen LogP contribution is -2.32. The fourth-order valence-corrected chi connectivity index (χ4v) is 6.86. The summed E-state index contributed by atoms with van der Waals surface area (Å²) in [7, 11) is 0. The molecule has 0 unspecified atom stereocenters. The first-order chi connectivity index (χ1) is 14.7. The standard InChI is InChI=1S/C24H23Cl2NOS2/c25-20-13-19-23(14-21(20)26)30-22-7-3-2-6-17(22)18-12-16(29-24(18)19)15-28-11-10-27-8-4-1-5-9-27/h2-3,6-7,12-14H,1,4-5,8-11,15H2. The van der Waals surface area contributed by atoms with Gasteiger partial charge in [0.2, 0.25) is 0 Å². The van der Waals surface area contributed by atoms with Crippen LogP contribution in [0.1, 0.15) is 24.1 Å². The number of thiophene rings is 1. The summed E-state index contributed by atoms with van der Waals surface area (Å²) in [5.41, 5.74) is 3.68. The van der Waals surface area contributed by atoms with Crippen molar-refractivity contribution in [3.63, 3.8) is 0 Å². The molecular formula is C24H23Cl2NOS2. The summed E-state index contributed by atoms with van der Waals surface area (Å²) in [4.78, 5) is 7.40. The lowest BCUT2D eigenvalue weighted by Gasteiger charge is -2.26. The molecule has 3 aromatic rings. The molecule has 1 saturated heterocycles. The SMILES string of the molecule is Clc1cc2c(cc1Cl)-c1sc(COCCN3CCCCC3)cc1-c1ccccc1S2. The van der Waals surface area contributed by atoms with Gasteiger partial charge in [-0.2, -0.15) is 0 Å². The Morgan fingerprint density at radius 3 is 2.53 bits per heavy atom. The van der Waals surface area contributed by atoms with Crippen LogP contribution < -0.4 is 0 Å². The Bertz CT molecular complexity index is 1060. The number of fused-ring (bicyclic) bond motifs is 5. The average Bonchev–Trinajstić information content (AvgIpc) is 3.14. The van der Waals surface area contributed by atoms with Gasteiger partial charge in [0.15, 0.2) is 0 Å². The van der Waals surface area contributed by atoms with Gasteiger partial charge in [0, 0.05) is 37.2 Å². The molecule has 0 atom stereocenters. The molecule has 1 fully saturated rings. The monoisotopic (exact) mass is 475 g/mol. The van der Waals surface area contributed by atoms with Gasteiger partial charge in [-0.3, -0.25) is 0 Å². The third kappa shape index (κ3) is 4.32. The maximum Gasteiger partial charge on any atom is 0.0810 e. The van der Waals surface area contributed by atoms with Crippen LogP contribution in [-0.2, 0) is 11.3 Å². The first-order valence-electron chi connectivity index (χ1n) is 10.4. The highest BCUT2D eigenvalue weighted by Gasteiger charge is 2.23. The van der Waals surface area contributed by atoms with Gasteiger partial charge in [-0.25, -0.2) is 0 Å². The van der Waals surface area contributed by atoms with E-state index < -0.39 is 0 Å². The molecule has 2 aliphatic rings. The molecule has 156 valence electrons. The van der Waals surface area contributed by atoms with E-state index >= 15 is 0 Å². The quantitative estimate of drug-likeness (QED) is 0.272. The Morgan fingerprint density at radius 1 is 0.867 bits per heavy atom. The number of halogens is 2. The highest BCUT2D eigenvalue weighted by Crippen LogP contribution is 2.52. The van der Waals surface area contributed by atoms with Gasteiger partial charge in [0.25, 0.3) is 0 Å². The van der Waals surface area contributed by atoms with Crippen LogP contribution >= 0.6 is 46.3 Å². The second-order valence-electron chi connectivity index (χ2n) is 7.77. The molecule has 0 N–H and O–H groups in total. The van der Waals surface area contributed by atoms with Crippen LogP contribution in [0.25, 0.3) is 21.6 Å². The van der Waals surface area contributed by atoms with Crippen LogP contribution in [0.2, 0.25) is 10.0 Å². The molecule has 0 aliphatic carbocycles. The fourth-order valence-electron chi connectivity index (χ4n) is 4.15. The van der Waals surface area contributed by atoms with Crippen molar-refractivity contribution in [2.45, 2.75) is 35.7 Å². The van der Waals surface area contributed by atoms with Crippen molar-refractivity contribution >= 4 is 46.3 Å². The molecular weight excluding hydrogens is 453 g/mol. The van der Waals surface area contributed by atoms with E-state index in [-0.39, 0.29) is 0 Å². The topological polar surface area (TPSA) is 12.5 Å². The van der Waals surface area contributed by atoms with E-state index in [0.717, 1.165) is 23.6 Å². The molecule has 5 rings (SSSR count). The van der Waals surface area contributed by atoms with E-state index in [9.17, 15) is 0 Å². The molecule has 3 heterocycles. The fraction of sp³-hybridized carbons (Fsp3) is 0.333. The van der Waals surface area contributed by atoms with Crippen molar-refractivity contribution in [2.24, 2.45) is 0 Å². The minimum atomic E-state index is 0.598. The van der Waals surface area contributed by atoms with Crippen molar-refractivity contribution in [1.82, 2.24) is 4.90 Å². The minimum Gasteiger partial charge on any atom is -0.375 e. The van der Waals surface area contributed by atoms with Gasteiger partial charge in [0.05, 0.1) is 23.3 Å². The third-order valence-corrected chi connectivity index (χ3v) is 8.69. The number of hydrogen-bond donors (Lipinski definition) is 0. The Labute approximate surface area is 196 Å². The zero-order chi connectivity index (χ0) is 20.5. The number of nitrogens with zero attached hydrogens (tertiary/aromatic N) is 1. The highest BCUT2D eigenvalue weighted by molar-refractivity contribution is 7.99. The van der Waals surface area contributed by atoms with Crippen molar-refractivity contribution < 1.29 is 4.74 Å². The highest BCUT2D eigenvalue weighted by atomic mass is 35.5. The molecule has 0 spiro atoms. The number of benzene rings is 2. The number of hydrogen-bond acceptors (Lipinski definition) is 4. The molecule has 6 heteroatoms. The van der Waals surface area contributed by atoms with E-state index in [1.165, 1.54) is 58.1 Å². The summed E-state index contributed by atoms with van der Waals surface area (Å²) in [5.74, 6) is 0. The van der Waals surface area contributed by atoms with E-state index in [2.05, 4.69) is 35.2 Å². The zero-order valence-electron chi connectivity index (χ0n) is 16.6. The minimum absolute atomic E-state index is 0.598. The summed E-state index contributed by atoms with van der Waals surface area (Å²) in [6.45, 7) is 4.89. The number of ether oxygens (including phenoxy) is 1. The van der Waals surface area contributed by atoms with Crippen LogP contribution in [0.5, 0.6) is 0 Å². The third-order valence-electron chi connectivity index (χ3n) is 5.69. The van der Waals surface area contributed by atoms with Gasteiger partial charge < -0.3 is 9.64 Å². The van der Waals surface area contributed by atoms with E-state index in [1.807, 2.05) is 12.1 Å². The van der Waals surface area contributed by atoms with Crippen LogP contribution in [0.15, 0.2) is 52.3 Å². The van der Waals surface area contributed by atoms with Crippen LogP contribution in [0.3, 0.4) is 0 Å². The molecule has 2 aliphatic heterocycles. The zero-order valence-corrected chi connectivity index (χ0v) is 19.8. The second kappa shape index (κ2) is 9.23. The van der Waals surface area contributed by atoms with Gasteiger partial charge in [0.1, 0.15) is 0 Å². The summed E-state index contributed by atoms with van der Waals surface area (Å²) >= 11 is 16.3. The lowest BCUT2D eigenvalue weighted by atomic mass is 10.0. The van der Waals surface area contributed by atoms with Gasteiger partial charge in [-0.1, -0.05) is 59.6 Å². The van der Waals surface area contributed by atoms with Gasteiger partial charge in [-0.15, -0.1) is 11.3 Å². The van der Waals surface area contributed by atoms with Crippen LogP contribution in [-0.4, -0.2) is 31.1 Å². The first kappa shape index (κ1) is 20.9. The summed E-state index contributed by atoms with van der Waals surface area (Å²) < 4.78 is 6.07. The van der Waals surface area contributed by atoms with Crippen molar-refractivity contribution in [3.05, 3.63) is 57.4 Å². The average molecular weight is 476 g/mol. The van der Waals surface area contributed by atoms with Crippen molar-refractivity contribution in [3.8, 4) is 21.6 Å². The Morgan fingerprint density at radius 2 is 1.67 bits per heavy atom. The molecule has 30 heavy (non-hydrogen) atoms. The van der Waals surface area contributed by atoms with Crippen LogP contribution in [0, 0.1) is 0 Å². The smallest absolute Gasteiger partial charge is 0.0810 e. The van der Waals surface area contributed by atoms with Gasteiger partial charge >= 0.3 is 0 Å². The maximum absolute atomic E-state index is 6.39. The molecule has 0 saturated carbocycles. The number of likely N-dealkylation sites (tertiary alicyclic amines) is 1. The Balaban J connectivity index is 1.41. The van der Waals surface area contributed by atoms with Crippen molar-refractivity contribution in [2.75, 3.05) is 26.2 Å². The maximum atomic E-state index is 6.39. The number of piperidine rings is 1. The van der Waals surface area contributed by atoms with E-state index in [1.54, 1.807) is 23.1 Å². The molecule has 2 nitrogen and oxygen atoms in total.